The molecule has 0 amide bonds. The molecule has 0 spiro atoms. The van der Waals surface area contributed by atoms with Gasteiger partial charge in [-0.1, -0.05) is 20.3 Å². The normalized spacial score (nSPS) is 19.4. The van der Waals surface area contributed by atoms with Crippen LogP contribution in [-0.2, 0) is 17.8 Å². The number of ketones is 1. The van der Waals surface area contributed by atoms with Crippen molar-refractivity contribution in [3.8, 4) is 0 Å². The first kappa shape index (κ1) is 15.2. The first-order valence-electron chi connectivity index (χ1n) is 7.77. The van der Waals surface area contributed by atoms with E-state index in [0.717, 1.165) is 25.3 Å². The van der Waals surface area contributed by atoms with E-state index in [9.17, 15) is 4.79 Å². The lowest BCUT2D eigenvalue weighted by molar-refractivity contribution is -0.118. The summed E-state index contributed by atoms with van der Waals surface area (Å²) in [6.07, 6.45) is 7.32. The van der Waals surface area contributed by atoms with Crippen LogP contribution in [0.25, 0.3) is 0 Å². The van der Waals surface area contributed by atoms with Crippen LogP contribution in [0.5, 0.6) is 0 Å². The molecule has 5 nitrogen and oxygen atoms in total. The van der Waals surface area contributed by atoms with Gasteiger partial charge in [-0.05, 0) is 31.7 Å². The van der Waals surface area contributed by atoms with Crippen LogP contribution in [0.3, 0.4) is 0 Å². The Morgan fingerprint density at radius 2 is 2.35 bits per heavy atom. The molecule has 0 bridgehead atoms. The second kappa shape index (κ2) is 7.53. The fourth-order valence-corrected chi connectivity index (χ4v) is 2.69. The van der Waals surface area contributed by atoms with E-state index in [1.165, 1.54) is 19.3 Å². The molecule has 1 aliphatic heterocycles. The Hall–Kier alpha value is -1.23. The van der Waals surface area contributed by atoms with Crippen LogP contribution in [0.15, 0.2) is 6.33 Å². The number of nitrogens with one attached hydrogen (secondary N) is 1. The van der Waals surface area contributed by atoms with Crippen molar-refractivity contribution in [2.24, 2.45) is 5.92 Å². The maximum atomic E-state index is 12.1. The third kappa shape index (κ3) is 4.71. The van der Waals surface area contributed by atoms with E-state index in [0.29, 0.717) is 24.8 Å². The molecular formula is C15H26N4O. The lowest BCUT2D eigenvalue weighted by atomic mass is 9.99. The molecule has 0 saturated carbocycles. The highest BCUT2D eigenvalue weighted by atomic mass is 16.1. The van der Waals surface area contributed by atoms with Gasteiger partial charge in [0.05, 0.1) is 6.42 Å². The van der Waals surface area contributed by atoms with E-state index in [-0.39, 0.29) is 5.78 Å². The number of nitrogens with zero attached hydrogens (tertiary/aromatic N) is 3. The van der Waals surface area contributed by atoms with E-state index in [2.05, 4.69) is 29.2 Å². The van der Waals surface area contributed by atoms with Crippen molar-refractivity contribution in [2.45, 2.75) is 65.0 Å². The van der Waals surface area contributed by atoms with Crippen molar-refractivity contribution in [3.63, 3.8) is 0 Å². The van der Waals surface area contributed by atoms with Crippen LogP contribution in [0.2, 0.25) is 0 Å². The molecule has 0 radical (unpaired) electrons. The summed E-state index contributed by atoms with van der Waals surface area (Å²) in [5, 5.41) is 7.69. The summed E-state index contributed by atoms with van der Waals surface area (Å²) in [5.41, 5.74) is 0. The maximum absolute atomic E-state index is 12.1. The van der Waals surface area contributed by atoms with Crippen LogP contribution < -0.4 is 5.32 Å². The van der Waals surface area contributed by atoms with Crippen LogP contribution >= 0.6 is 0 Å². The smallest absolute Gasteiger partial charge is 0.140 e. The first-order chi connectivity index (χ1) is 9.65. The monoisotopic (exact) mass is 278 g/mol. The number of aromatic nitrogens is 3. The van der Waals surface area contributed by atoms with Crippen LogP contribution in [0.4, 0.5) is 0 Å². The van der Waals surface area contributed by atoms with Crippen molar-refractivity contribution >= 4 is 5.78 Å². The summed E-state index contributed by atoms with van der Waals surface area (Å²) in [5.74, 6) is 1.59. The first-order valence-corrected chi connectivity index (χ1v) is 7.77. The molecule has 0 aliphatic carbocycles. The van der Waals surface area contributed by atoms with Gasteiger partial charge in [0.1, 0.15) is 17.9 Å². The zero-order valence-corrected chi connectivity index (χ0v) is 12.6. The van der Waals surface area contributed by atoms with Gasteiger partial charge in [0, 0.05) is 19.0 Å². The predicted octanol–water partition coefficient (Wildman–Crippen LogP) is 1.97. The van der Waals surface area contributed by atoms with Crippen molar-refractivity contribution in [3.05, 3.63) is 12.2 Å². The number of piperidine rings is 1. The lowest BCUT2D eigenvalue weighted by Gasteiger charge is -2.22. The van der Waals surface area contributed by atoms with Gasteiger partial charge in [0.25, 0.3) is 0 Å². The van der Waals surface area contributed by atoms with Crippen LogP contribution in [0.1, 0.15) is 51.8 Å². The fraction of sp³-hybridized carbons (Fsp3) is 0.800. The standard InChI is InChI=1S/C15H26N4O/c1-12(2)10-19-15(17-11-18-19)9-14(20)7-6-13-5-3-4-8-16-13/h11-13,16H,3-10H2,1-2H3. The van der Waals surface area contributed by atoms with Crippen molar-refractivity contribution in [1.29, 1.82) is 0 Å². The fourth-order valence-electron chi connectivity index (χ4n) is 2.69. The molecule has 1 fully saturated rings. The quantitative estimate of drug-likeness (QED) is 0.828. The molecule has 112 valence electrons. The Morgan fingerprint density at radius 1 is 1.50 bits per heavy atom. The number of Topliss-reactive ketones (excluding diaryl/α,β-unsaturated/α-hetero) is 1. The maximum Gasteiger partial charge on any atom is 0.140 e. The van der Waals surface area contributed by atoms with Crippen molar-refractivity contribution in [2.75, 3.05) is 6.54 Å². The average molecular weight is 278 g/mol. The van der Waals surface area contributed by atoms with Crippen molar-refractivity contribution < 1.29 is 4.79 Å². The highest BCUT2D eigenvalue weighted by Gasteiger charge is 2.16. The van der Waals surface area contributed by atoms with E-state index < -0.39 is 0 Å². The molecule has 1 aromatic rings. The molecule has 2 rings (SSSR count). The van der Waals surface area contributed by atoms with Gasteiger partial charge in [-0.3, -0.25) is 4.79 Å². The van der Waals surface area contributed by atoms with Gasteiger partial charge in [-0.15, -0.1) is 0 Å². The molecule has 2 heterocycles. The number of hydrogen-bond donors (Lipinski definition) is 1. The topological polar surface area (TPSA) is 59.8 Å². The summed E-state index contributed by atoms with van der Waals surface area (Å²) in [7, 11) is 0. The summed E-state index contributed by atoms with van der Waals surface area (Å²) in [6, 6.07) is 0.529. The van der Waals surface area contributed by atoms with Gasteiger partial charge >= 0.3 is 0 Å². The Kier molecular flexibility index (Phi) is 5.71. The van der Waals surface area contributed by atoms with E-state index >= 15 is 0 Å². The van der Waals surface area contributed by atoms with E-state index in [1.807, 2.05) is 4.68 Å². The SMILES string of the molecule is CC(C)Cn1ncnc1CC(=O)CCC1CCCCN1. The van der Waals surface area contributed by atoms with E-state index in [4.69, 9.17) is 0 Å². The third-order valence-electron chi connectivity index (χ3n) is 3.77. The van der Waals surface area contributed by atoms with Gasteiger partial charge in [-0.2, -0.15) is 5.10 Å². The Morgan fingerprint density at radius 3 is 3.05 bits per heavy atom. The number of carbonyl (C=O) groups excluding carboxylic acids is 1. The molecule has 1 aliphatic rings. The molecule has 1 aromatic heterocycles. The highest BCUT2D eigenvalue weighted by molar-refractivity contribution is 5.80. The zero-order valence-electron chi connectivity index (χ0n) is 12.6. The molecule has 1 atom stereocenters. The third-order valence-corrected chi connectivity index (χ3v) is 3.77. The summed E-state index contributed by atoms with van der Waals surface area (Å²) in [6.45, 7) is 6.21. The Balaban J connectivity index is 1.77. The molecule has 20 heavy (non-hydrogen) atoms. The number of hydrogen-bond acceptors (Lipinski definition) is 4. The molecule has 1 N–H and O–H groups in total. The molecule has 1 unspecified atom stereocenters. The van der Waals surface area contributed by atoms with Crippen molar-refractivity contribution in [1.82, 2.24) is 20.1 Å². The number of rotatable bonds is 7. The van der Waals surface area contributed by atoms with Crippen LogP contribution in [0, 0.1) is 5.92 Å². The van der Waals surface area contributed by atoms with E-state index in [1.54, 1.807) is 6.33 Å². The Labute approximate surface area is 121 Å². The van der Waals surface area contributed by atoms with Gasteiger partial charge in [0.15, 0.2) is 0 Å². The lowest BCUT2D eigenvalue weighted by Crippen LogP contribution is -2.34. The summed E-state index contributed by atoms with van der Waals surface area (Å²) in [4.78, 5) is 16.3. The minimum Gasteiger partial charge on any atom is -0.314 e. The second-order valence-corrected chi connectivity index (χ2v) is 6.15. The molecular weight excluding hydrogens is 252 g/mol. The minimum atomic E-state index is 0.273. The average Bonchev–Trinajstić information content (AvgIpc) is 2.84. The minimum absolute atomic E-state index is 0.273. The van der Waals surface area contributed by atoms with Gasteiger partial charge < -0.3 is 5.32 Å². The van der Waals surface area contributed by atoms with Gasteiger partial charge in [0.2, 0.25) is 0 Å². The predicted molar refractivity (Wildman–Crippen MR) is 78.4 cm³/mol. The highest BCUT2D eigenvalue weighted by Crippen LogP contribution is 2.13. The largest absolute Gasteiger partial charge is 0.314 e. The molecule has 5 heteroatoms. The summed E-state index contributed by atoms with van der Waals surface area (Å²) >= 11 is 0. The van der Waals surface area contributed by atoms with Gasteiger partial charge in [-0.25, -0.2) is 9.67 Å². The summed E-state index contributed by atoms with van der Waals surface area (Å²) < 4.78 is 1.86. The second-order valence-electron chi connectivity index (χ2n) is 6.15. The van der Waals surface area contributed by atoms with Crippen LogP contribution in [-0.4, -0.2) is 33.1 Å². The zero-order chi connectivity index (χ0) is 14.4. The molecule has 1 saturated heterocycles. The Bertz CT molecular complexity index is 421. The molecule has 0 aromatic carbocycles. The number of carbonyl (C=O) groups is 1.